The molecule has 0 aliphatic heterocycles. The number of anilines is 1. The number of fused-ring (bicyclic) bond motifs is 1. The number of H-pyrrole nitrogens is 1. The van der Waals surface area contributed by atoms with Gasteiger partial charge in [0.05, 0.1) is 6.54 Å². The van der Waals surface area contributed by atoms with Crippen LogP contribution in [0.2, 0.25) is 0 Å². The molecule has 3 rings (SSSR count). The van der Waals surface area contributed by atoms with Gasteiger partial charge in [0.2, 0.25) is 0 Å². The molecule has 0 radical (unpaired) electrons. The molecule has 0 atom stereocenters. The summed E-state index contributed by atoms with van der Waals surface area (Å²) in [5.41, 5.74) is 0.243. The van der Waals surface area contributed by atoms with Crippen molar-refractivity contribution in [1.82, 2.24) is 24.6 Å². The quantitative estimate of drug-likeness (QED) is 0.728. The van der Waals surface area contributed by atoms with E-state index in [9.17, 15) is 4.79 Å². The van der Waals surface area contributed by atoms with E-state index in [2.05, 4.69) is 25.5 Å². The number of rotatable bonds is 3. The minimum Gasteiger partial charge on any atom is -0.363 e. The minimum atomic E-state index is -0.292. The molecule has 3 aromatic heterocycles. The Labute approximate surface area is 106 Å². The van der Waals surface area contributed by atoms with Crippen LogP contribution in [0.25, 0.3) is 5.65 Å². The zero-order chi connectivity index (χ0) is 12.5. The number of thiazole rings is 1. The summed E-state index contributed by atoms with van der Waals surface area (Å²) >= 11 is 1.64. The Hall–Kier alpha value is -2.22. The van der Waals surface area contributed by atoms with Gasteiger partial charge in [-0.3, -0.25) is 0 Å². The molecule has 7 nitrogen and oxygen atoms in total. The number of hydrogen-bond acceptors (Lipinski definition) is 6. The van der Waals surface area contributed by atoms with E-state index in [1.165, 1.54) is 15.6 Å². The molecular weight excluding hydrogens is 252 g/mol. The smallest absolute Gasteiger partial charge is 0.348 e. The third-order valence-electron chi connectivity index (χ3n) is 2.40. The second kappa shape index (κ2) is 4.22. The highest BCUT2D eigenvalue weighted by Gasteiger charge is 2.03. The largest absolute Gasteiger partial charge is 0.363 e. The molecule has 0 unspecified atom stereocenters. The summed E-state index contributed by atoms with van der Waals surface area (Å²) in [5.74, 6) is 0.661. The second-order valence-corrected chi connectivity index (χ2v) is 5.07. The lowest BCUT2D eigenvalue weighted by atomic mass is 10.5. The Morgan fingerprint density at radius 1 is 1.50 bits per heavy atom. The first kappa shape index (κ1) is 10.9. The summed E-state index contributed by atoms with van der Waals surface area (Å²) < 4.78 is 1.35. The highest BCUT2D eigenvalue weighted by molar-refractivity contribution is 7.11. The van der Waals surface area contributed by atoms with Crippen LogP contribution < -0.4 is 11.0 Å². The molecule has 0 amide bonds. The molecule has 8 heteroatoms. The molecule has 2 N–H and O–H groups in total. The maximum absolute atomic E-state index is 11.2. The van der Waals surface area contributed by atoms with Gasteiger partial charge in [-0.05, 0) is 6.92 Å². The van der Waals surface area contributed by atoms with Crippen molar-refractivity contribution >= 4 is 22.8 Å². The molecule has 0 bridgehead atoms. The SMILES string of the molecule is Cc1cnc(CNc2cc3n[nH]c(=O)n3cn2)s1. The van der Waals surface area contributed by atoms with E-state index in [0.29, 0.717) is 18.0 Å². The van der Waals surface area contributed by atoms with Crippen LogP contribution in [0.3, 0.4) is 0 Å². The van der Waals surface area contributed by atoms with Crippen molar-refractivity contribution in [2.75, 3.05) is 5.32 Å². The molecule has 3 heterocycles. The number of aromatic amines is 1. The normalized spacial score (nSPS) is 10.9. The van der Waals surface area contributed by atoms with Crippen LogP contribution in [0.5, 0.6) is 0 Å². The third-order valence-corrected chi connectivity index (χ3v) is 3.31. The first-order chi connectivity index (χ1) is 8.72. The van der Waals surface area contributed by atoms with Crippen LogP contribution in [-0.2, 0) is 6.54 Å². The Balaban J connectivity index is 1.80. The van der Waals surface area contributed by atoms with E-state index in [1.807, 2.05) is 13.1 Å². The van der Waals surface area contributed by atoms with Crippen molar-refractivity contribution in [2.45, 2.75) is 13.5 Å². The first-order valence-electron chi connectivity index (χ1n) is 5.30. The summed E-state index contributed by atoms with van der Waals surface area (Å²) in [6, 6.07) is 1.71. The molecule has 0 spiro atoms. The van der Waals surface area contributed by atoms with Gasteiger partial charge < -0.3 is 5.32 Å². The lowest BCUT2D eigenvalue weighted by Gasteiger charge is -2.02. The summed E-state index contributed by atoms with van der Waals surface area (Å²) in [6.07, 6.45) is 3.28. The van der Waals surface area contributed by atoms with Crippen molar-refractivity contribution in [2.24, 2.45) is 0 Å². The molecule has 0 aliphatic rings. The van der Waals surface area contributed by atoms with E-state index in [1.54, 1.807) is 17.4 Å². The van der Waals surface area contributed by atoms with Crippen molar-refractivity contribution < 1.29 is 0 Å². The zero-order valence-corrected chi connectivity index (χ0v) is 10.4. The van der Waals surface area contributed by atoms with E-state index < -0.39 is 0 Å². The summed E-state index contributed by atoms with van der Waals surface area (Å²) in [7, 11) is 0. The maximum Gasteiger partial charge on any atom is 0.348 e. The molecule has 0 saturated carbocycles. The molecule has 0 saturated heterocycles. The number of hydrogen-bond donors (Lipinski definition) is 2. The Morgan fingerprint density at radius 3 is 3.17 bits per heavy atom. The molecule has 3 aromatic rings. The van der Waals surface area contributed by atoms with Crippen molar-refractivity contribution in [3.63, 3.8) is 0 Å². The Morgan fingerprint density at radius 2 is 2.39 bits per heavy atom. The van der Waals surface area contributed by atoms with E-state index >= 15 is 0 Å². The molecular formula is C10H10N6OS. The van der Waals surface area contributed by atoms with Crippen molar-refractivity contribution in [1.29, 1.82) is 0 Å². The average Bonchev–Trinajstić information content (AvgIpc) is 2.94. The highest BCUT2D eigenvalue weighted by Crippen LogP contribution is 2.13. The van der Waals surface area contributed by atoms with Gasteiger partial charge >= 0.3 is 5.69 Å². The fraction of sp³-hybridized carbons (Fsp3) is 0.200. The van der Waals surface area contributed by atoms with Gasteiger partial charge in [0.25, 0.3) is 0 Å². The predicted octanol–water partition coefficient (Wildman–Crippen LogP) is 0.795. The topological polar surface area (TPSA) is 88.0 Å². The predicted molar refractivity (Wildman–Crippen MR) is 67.8 cm³/mol. The fourth-order valence-electron chi connectivity index (χ4n) is 1.56. The van der Waals surface area contributed by atoms with Crippen LogP contribution in [-0.4, -0.2) is 24.6 Å². The van der Waals surface area contributed by atoms with Gasteiger partial charge in [-0.25, -0.2) is 24.3 Å². The van der Waals surface area contributed by atoms with Crippen LogP contribution in [0.1, 0.15) is 9.88 Å². The second-order valence-electron chi connectivity index (χ2n) is 3.75. The zero-order valence-electron chi connectivity index (χ0n) is 9.54. The van der Waals surface area contributed by atoms with Gasteiger partial charge in [-0.1, -0.05) is 0 Å². The first-order valence-corrected chi connectivity index (χ1v) is 6.12. The van der Waals surface area contributed by atoms with Crippen molar-refractivity contribution in [3.05, 3.63) is 39.0 Å². The maximum atomic E-state index is 11.2. The standard InChI is InChI=1S/C10H10N6OS/c1-6-3-12-9(18-6)4-11-7-2-8-14-15-10(17)16(8)5-13-7/h2-3,5,11H,4H2,1H3,(H,15,17). The number of nitrogens with zero attached hydrogens (tertiary/aromatic N) is 4. The van der Waals surface area contributed by atoms with Gasteiger partial charge in [-0.2, -0.15) is 5.10 Å². The Bertz CT molecular complexity index is 742. The third kappa shape index (κ3) is 1.97. The molecule has 18 heavy (non-hydrogen) atoms. The lowest BCUT2D eigenvalue weighted by Crippen LogP contribution is -2.10. The molecule has 0 fully saturated rings. The molecule has 0 aliphatic carbocycles. The molecule has 0 aromatic carbocycles. The van der Waals surface area contributed by atoms with Gasteiger partial charge in [0, 0.05) is 17.1 Å². The molecule has 92 valence electrons. The summed E-state index contributed by atoms with van der Waals surface area (Å²) in [6.45, 7) is 2.62. The van der Waals surface area contributed by atoms with E-state index in [4.69, 9.17) is 0 Å². The van der Waals surface area contributed by atoms with Crippen LogP contribution in [0, 0.1) is 6.92 Å². The average molecular weight is 262 g/mol. The number of nitrogens with one attached hydrogen (secondary N) is 2. The summed E-state index contributed by atoms with van der Waals surface area (Å²) in [5, 5.41) is 10.4. The van der Waals surface area contributed by atoms with Crippen LogP contribution in [0.4, 0.5) is 5.82 Å². The minimum absolute atomic E-state index is 0.292. The van der Waals surface area contributed by atoms with Crippen LogP contribution >= 0.6 is 11.3 Å². The fourth-order valence-corrected chi connectivity index (χ4v) is 2.28. The van der Waals surface area contributed by atoms with Crippen LogP contribution in [0.15, 0.2) is 23.4 Å². The lowest BCUT2D eigenvalue weighted by molar-refractivity contribution is 0.989. The van der Waals surface area contributed by atoms with Gasteiger partial charge in [0.15, 0.2) is 5.65 Å². The monoisotopic (exact) mass is 262 g/mol. The van der Waals surface area contributed by atoms with E-state index in [-0.39, 0.29) is 5.69 Å². The summed E-state index contributed by atoms with van der Waals surface area (Å²) in [4.78, 5) is 20.8. The number of aromatic nitrogens is 5. The highest BCUT2D eigenvalue weighted by atomic mass is 32.1. The van der Waals surface area contributed by atoms with Crippen molar-refractivity contribution in [3.8, 4) is 0 Å². The van der Waals surface area contributed by atoms with Gasteiger partial charge in [-0.15, -0.1) is 11.3 Å². The van der Waals surface area contributed by atoms with Gasteiger partial charge in [0.1, 0.15) is 17.2 Å². The Kier molecular flexibility index (Phi) is 2.56. The van der Waals surface area contributed by atoms with E-state index in [0.717, 1.165) is 5.01 Å². The number of aryl methyl sites for hydroxylation is 1.